The van der Waals surface area contributed by atoms with Gasteiger partial charge in [-0.2, -0.15) is 0 Å². The molecule has 1 saturated carbocycles. The molecule has 2 atom stereocenters. The summed E-state index contributed by atoms with van der Waals surface area (Å²) in [7, 11) is 0. The molecule has 2 aliphatic rings. The van der Waals surface area contributed by atoms with E-state index < -0.39 is 5.41 Å². The monoisotopic (exact) mass is 509 g/mol. The second kappa shape index (κ2) is 11.8. The molecular weight excluding hydrogens is 470 g/mol. The summed E-state index contributed by atoms with van der Waals surface area (Å²) in [5, 5.41) is 0.728. The second-order valence-corrected chi connectivity index (χ2v) is 11.7. The maximum absolute atomic E-state index is 13.4. The van der Waals surface area contributed by atoms with Gasteiger partial charge in [-0.05, 0) is 47.4 Å². The first-order valence-corrected chi connectivity index (χ1v) is 13.8. The molecule has 1 heterocycles. The standard InChI is InChI=1S/C30H40ClN3O2/c1-30(2,27(29(32)36)22-9-5-3-6-10-22)21-26(35)33-17-19-34(20-18-33)28(23-11-7-4-8-12-23)24-13-15-25(31)16-14-24/h4,7-8,11-16,22,27-28H,3,5-6,9-10,17-21H2,1-2H3,(H2,32,36). The van der Waals surface area contributed by atoms with E-state index in [1.54, 1.807) is 0 Å². The quantitative estimate of drug-likeness (QED) is 0.498. The zero-order valence-corrected chi connectivity index (χ0v) is 22.4. The van der Waals surface area contributed by atoms with Crippen LogP contribution in [0.3, 0.4) is 0 Å². The van der Waals surface area contributed by atoms with Crippen molar-refractivity contribution in [2.24, 2.45) is 23.0 Å². The van der Waals surface area contributed by atoms with Crippen molar-refractivity contribution in [1.82, 2.24) is 9.80 Å². The maximum Gasteiger partial charge on any atom is 0.223 e. The first-order chi connectivity index (χ1) is 17.3. The molecule has 0 aromatic heterocycles. The highest BCUT2D eigenvalue weighted by atomic mass is 35.5. The van der Waals surface area contributed by atoms with E-state index in [0.717, 1.165) is 43.8 Å². The van der Waals surface area contributed by atoms with Crippen LogP contribution >= 0.6 is 11.6 Å². The highest BCUT2D eigenvalue weighted by Gasteiger charge is 2.42. The van der Waals surface area contributed by atoms with E-state index in [1.165, 1.54) is 17.5 Å². The number of hydrogen-bond acceptors (Lipinski definition) is 3. The molecule has 2 amide bonds. The number of carbonyl (C=O) groups is 2. The van der Waals surface area contributed by atoms with Crippen LogP contribution in [0.25, 0.3) is 0 Å². The van der Waals surface area contributed by atoms with Gasteiger partial charge in [-0.3, -0.25) is 14.5 Å². The smallest absolute Gasteiger partial charge is 0.223 e. The summed E-state index contributed by atoms with van der Waals surface area (Å²) in [6.07, 6.45) is 5.96. The highest BCUT2D eigenvalue weighted by Crippen LogP contribution is 2.42. The number of rotatable bonds is 8. The van der Waals surface area contributed by atoms with E-state index in [9.17, 15) is 9.59 Å². The molecule has 4 rings (SSSR count). The largest absolute Gasteiger partial charge is 0.369 e. The van der Waals surface area contributed by atoms with Crippen LogP contribution in [0.5, 0.6) is 0 Å². The molecule has 0 spiro atoms. The summed E-state index contributed by atoms with van der Waals surface area (Å²) in [6.45, 7) is 7.04. The molecule has 1 aliphatic carbocycles. The minimum absolute atomic E-state index is 0.114. The fourth-order valence-electron chi connectivity index (χ4n) is 6.46. The number of nitrogens with two attached hydrogens (primary N) is 1. The van der Waals surface area contributed by atoms with E-state index in [2.05, 4.69) is 55.1 Å². The number of halogens is 1. The van der Waals surface area contributed by atoms with Gasteiger partial charge < -0.3 is 10.6 Å². The number of primary amides is 1. The number of benzene rings is 2. The van der Waals surface area contributed by atoms with Crippen molar-refractivity contribution in [2.45, 2.75) is 58.4 Å². The minimum atomic E-state index is -0.446. The second-order valence-electron chi connectivity index (χ2n) is 11.2. The topological polar surface area (TPSA) is 66.6 Å². The Morgan fingerprint density at radius 1 is 0.917 bits per heavy atom. The van der Waals surface area contributed by atoms with Crippen LogP contribution in [0.15, 0.2) is 54.6 Å². The summed E-state index contributed by atoms with van der Waals surface area (Å²) in [5.41, 5.74) is 7.89. The highest BCUT2D eigenvalue weighted by molar-refractivity contribution is 6.30. The predicted octanol–water partition coefficient (Wildman–Crippen LogP) is 5.67. The summed E-state index contributed by atoms with van der Waals surface area (Å²) < 4.78 is 0. The van der Waals surface area contributed by atoms with Crippen LogP contribution in [0.4, 0.5) is 0 Å². The van der Waals surface area contributed by atoms with E-state index in [1.807, 2.05) is 23.1 Å². The molecule has 5 nitrogen and oxygen atoms in total. The zero-order valence-electron chi connectivity index (χ0n) is 21.7. The number of hydrogen-bond donors (Lipinski definition) is 1. The van der Waals surface area contributed by atoms with E-state index in [-0.39, 0.29) is 23.8 Å². The lowest BCUT2D eigenvalue weighted by Gasteiger charge is -2.42. The molecule has 1 aliphatic heterocycles. The van der Waals surface area contributed by atoms with E-state index in [4.69, 9.17) is 17.3 Å². The van der Waals surface area contributed by atoms with Crippen LogP contribution in [0.2, 0.25) is 5.02 Å². The molecular formula is C30H40ClN3O2. The molecule has 2 aromatic rings. The Kier molecular flexibility index (Phi) is 8.74. The molecule has 0 bridgehead atoms. The lowest BCUT2D eigenvalue weighted by Crippen LogP contribution is -2.51. The van der Waals surface area contributed by atoms with Crippen molar-refractivity contribution in [2.75, 3.05) is 26.2 Å². The van der Waals surface area contributed by atoms with Crippen molar-refractivity contribution >= 4 is 23.4 Å². The average molecular weight is 510 g/mol. The van der Waals surface area contributed by atoms with E-state index in [0.29, 0.717) is 25.4 Å². The summed E-state index contributed by atoms with van der Waals surface area (Å²) in [4.78, 5) is 30.3. The minimum Gasteiger partial charge on any atom is -0.369 e. The molecule has 0 radical (unpaired) electrons. The fourth-order valence-corrected chi connectivity index (χ4v) is 6.58. The Labute approximate surface area is 221 Å². The summed E-state index contributed by atoms with van der Waals surface area (Å²) in [5.74, 6) is -0.0834. The van der Waals surface area contributed by atoms with Gasteiger partial charge >= 0.3 is 0 Å². The van der Waals surface area contributed by atoms with Crippen molar-refractivity contribution in [1.29, 1.82) is 0 Å². The summed E-state index contributed by atoms with van der Waals surface area (Å²) in [6, 6.07) is 18.7. The zero-order chi connectivity index (χ0) is 25.7. The van der Waals surface area contributed by atoms with Gasteiger partial charge in [0.05, 0.1) is 6.04 Å². The first-order valence-electron chi connectivity index (χ1n) is 13.4. The Bertz CT molecular complexity index is 1010. The van der Waals surface area contributed by atoms with Gasteiger partial charge in [0.25, 0.3) is 0 Å². The normalized spacial score (nSPS) is 19.6. The molecule has 36 heavy (non-hydrogen) atoms. The average Bonchev–Trinajstić information content (AvgIpc) is 2.86. The maximum atomic E-state index is 13.4. The molecule has 1 saturated heterocycles. The molecule has 194 valence electrons. The van der Waals surface area contributed by atoms with Gasteiger partial charge in [0.15, 0.2) is 0 Å². The van der Waals surface area contributed by atoms with Gasteiger partial charge in [0, 0.05) is 43.5 Å². The number of piperazine rings is 1. The van der Waals surface area contributed by atoms with Crippen LogP contribution in [-0.4, -0.2) is 47.8 Å². The van der Waals surface area contributed by atoms with Gasteiger partial charge in [-0.15, -0.1) is 0 Å². The Morgan fingerprint density at radius 3 is 2.08 bits per heavy atom. The van der Waals surface area contributed by atoms with Crippen LogP contribution in [-0.2, 0) is 9.59 Å². The van der Waals surface area contributed by atoms with Crippen molar-refractivity contribution in [3.8, 4) is 0 Å². The van der Waals surface area contributed by atoms with Gasteiger partial charge in [0.1, 0.15) is 0 Å². The molecule has 2 aromatic carbocycles. The fraction of sp³-hybridized carbons (Fsp3) is 0.533. The first kappa shape index (κ1) is 26.7. The number of carbonyl (C=O) groups excluding carboxylic acids is 2. The lowest BCUT2D eigenvalue weighted by atomic mass is 9.65. The molecule has 2 fully saturated rings. The van der Waals surface area contributed by atoms with Gasteiger partial charge in [-0.25, -0.2) is 0 Å². The van der Waals surface area contributed by atoms with Crippen molar-refractivity contribution in [3.63, 3.8) is 0 Å². The third-order valence-corrected chi connectivity index (χ3v) is 8.46. The third-order valence-electron chi connectivity index (χ3n) is 8.21. The Hall–Kier alpha value is -2.37. The van der Waals surface area contributed by atoms with Gasteiger partial charge in [-0.1, -0.05) is 87.2 Å². The Morgan fingerprint density at radius 2 is 1.50 bits per heavy atom. The van der Waals surface area contributed by atoms with E-state index >= 15 is 0 Å². The van der Waals surface area contributed by atoms with Crippen molar-refractivity contribution < 1.29 is 9.59 Å². The van der Waals surface area contributed by atoms with Crippen LogP contribution in [0, 0.1) is 17.3 Å². The van der Waals surface area contributed by atoms with Crippen LogP contribution < -0.4 is 5.73 Å². The number of amides is 2. The predicted molar refractivity (Wildman–Crippen MR) is 146 cm³/mol. The third kappa shape index (κ3) is 6.30. The van der Waals surface area contributed by atoms with Crippen LogP contribution in [0.1, 0.15) is 69.5 Å². The SMILES string of the molecule is CC(C)(CC(=O)N1CCN(C(c2ccccc2)c2ccc(Cl)cc2)CC1)C(C(N)=O)C1CCCCC1. The molecule has 6 heteroatoms. The van der Waals surface area contributed by atoms with Gasteiger partial charge in [0.2, 0.25) is 11.8 Å². The molecule has 2 N–H and O–H groups in total. The lowest BCUT2D eigenvalue weighted by molar-refractivity contribution is -0.139. The Balaban J connectivity index is 1.43. The van der Waals surface area contributed by atoms with Crippen molar-refractivity contribution in [3.05, 3.63) is 70.7 Å². The number of nitrogens with zero attached hydrogens (tertiary/aromatic N) is 2. The molecule has 2 unspecified atom stereocenters. The summed E-state index contributed by atoms with van der Waals surface area (Å²) >= 11 is 6.16.